The second-order valence-corrected chi connectivity index (χ2v) is 4.61. The molecule has 3 N–H and O–H groups in total. The molecule has 0 spiro atoms. The van der Waals surface area contributed by atoms with Gasteiger partial charge in [0.25, 0.3) is 0 Å². The Hall–Kier alpha value is -1.09. The third-order valence-corrected chi connectivity index (χ3v) is 3.24. The van der Waals surface area contributed by atoms with E-state index >= 15 is 0 Å². The Kier molecular flexibility index (Phi) is 2.91. The number of hydrogen-bond donors (Lipinski definition) is 2. The Balaban J connectivity index is 2.16. The van der Waals surface area contributed by atoms with Crippen LogP contribution in [0.4, 0.5) is 5.82 Å². The van der Waals surface area contributed by atoms with E-state index in [2.05, 4.69) is 17.2 Å². The van der Waals surface area contributed by atoms with Crippen LogP contribution in [0.3, 0.4) is 0 Å². The van der Waals surface area contributed by atoms with Crippen LogP contribution in [0.2, 0.25) is 0 Å². The summed E-state index contributed by atoms with van der Waals surface area (Å²) >= 11 is 0. The van der Waals surface area contributed by atoms with Crippen molar-refractivity contribution >= 4 is 5.82 Å². The number of hydrogen-bond acceptors (Lipinski definition) is 3. The van der Waals surface area contributed by atoms with Crippen molar-refractivity contribution in [2.45, 2.75) is 44.7 Å². The first-order chi connectivity index (χ1) is 7.23. The predicted octanol–water partition coefficient (Wildman–Crippen LogP) is 2.28. The molecule has 2 rings (SSSR count). The summed E-state index contributed by atoms with van der Waals surface area (Å²) in [7, 11) is 0. The van der Waals surface area contributed by atoms with E-state index in [1.807, 2.05) is 18.3 Å². The van der Waals surface area contributed by atoms with Gasteiger partial charge in [0.05, 0.1) is 0 Å². The molecule has 1 aliphatic carbocycles. The van der Waals surface area contributed by atoms with Crippen molar-refractivity contribution in [1.29, 1.82) is 0 Å². The molecule has 0 radical (unpaired) electrons. The summed E-state index contributed by atoms with van der Waals surface area (Å²) in [5, 5.41) is 3.55. The SMILES string of the molecule is CC1(Nc2ncccc2CN)CCCC1. The van der Waals surface area contributed by atoms with E-state index in [1.54, 1.807) is 0 Å². The summed E-state index contributed by atoms with van der Waals surface area (Å²) in [4.78, 5) is 4.37. The van der Waals surface area contributed by atoms with E-state index in [4.69, 9.17) is 5.73 Å². The van der Waals surface area contributed by atoms with Crippen molar-refractivity contribution in [3.63, 3.8) is 0 Å². The highest BCUT2D eigenvalue weighted by atomic mass is 15.1. The molecule has 82 valence electrons. The van der Waals surface area contributed by atoms with E-state index in [0.29, 0.717) is 6.54 Å². The lowest BCUT2D eigenvalue weighted by Gasteiger charge is -2.27. The quantitative estimate of drug-likeness (QED) is 0.796. The lowest BCUT2D eigenvalue weighted by molar-refractivity contribution is 0.530. The minimum atomic E-state index is 0.221. The third-order valence-electron chi connectivity index (χ3n) is 3.24. The van der Waals surface area contributed by atoms with Gasteiger partial charge in [0.15, 0.2) is 0 Å². The van der Waals surface area contributed by atoms with E-state index in [-0.39, 0.29) is 5.54 Å². The Labute approximate surface area is 91.1 Å². The average Bonchev–Trinajstić information content (AvgIpc) is 2.66. The lowest BCUT2D eigenvalue weighted by Crippen LogP contribution is -2.32. The number of nitrogens with two attached hydrogens (primary N) is 1. The molecule has 1 saturated carbocycles. The highest BCUT2D eigenvalue weighted by Crippen LogP contribution is 2.32. The Morgan fingerprint density at radius 1 is 1.47 bits per heavy atom. The van der Waals surface area contributed by atoms with Crippen molar-refractivity contribution < 1.29 is 0 Å². The van der Waals surface area contributed by atoms with Gasteiger partial charge in [-0.1, -0.05) is 18.9 Å². The average molecular weight is 205 g/mol. The minimum absolute atomic E-state index is 0.221. The second-order valence-electron chi connectivity index (χ2n) is 4.61. The van der Waals surface area contributed by atoms with Crippen LogP contribution in [0.25, 0.3) is 0 Å². The monoisotopic (exact) mass is 205 g/mol. The van der Waals surface area contributed by atoms with Crippen molar-refractivity contribution in [3.8, 4) is 0 Å². The maximum atomic E-state index is 5.69. The van der Waals surface area contributed by atoms with Crippen LogP contribution >= 0.6 is 0 Å². The number of rotatable bonds is 3. The number of nitrogens with one attached hydrogen (secondary N) is 1. The summed E-state index contributed by atoms with van der Waals surface area (Å²) in [5.74, 6) is 0.962. The molecule has 3 nitrogen and oxygen atoms in total. The van der Waals surface area contributed by atoms with E-state index in [1.165, 1.54) is 25.7 Å². The molecule has 1 aromatic heterocycles. The van der Waals surface area contributed by atoms with Crippen LogP contribution in [0, 0.1) is 0 Å². The van der Waals surface area contributed by atoms with Crippen molar-refractivity contribution in [2.75, 3.05) is 5.32 Å². The van der Waals surface area contributed by atoms with Gasteiger partial charge in [0.1, 0.15) is 5.82 Å². The molecule has 1 fully saturated rings. The van der Waals surface area contributed by atoms with Gasteiger partial charge in [0.2, 0.25) is 0 Å². The molecule has 0 atom stereocenters. The van der Waals surface area contributed by atoms with Gasteiger partial charge in [-0.25, -0.2) is 4.98 Å². The molecule has 3 heteroatoms. The fourth-order valence-corrected chi connectivity index (χ4v) is 2.28. The zero-order valence-electron chi connectivity index (χ0n) is 9.29. The van der Waals surface area contributed by atoms with Gasteiger partial charge >= 0.3 is 0 Å². The van der Waals surface area contributed by atoms with Crippen LogP contribution < -0.4 is 11.1 Å². The maximum Gasteiger partial charge on any atom is 0.130 e. The first-order valence-electron chi connectivity index (χ1n) is 5.66. The fourth-order valence-electron chi connectivity index (χ4n) is 2.28. The molecular formula is C12H19N3. The van der Waals surface area contributed by atoms with E-state index < -0.39 is 0 Å². The molecule has 0 unspecified atom stereocenters. The first kappa shape index (κ1) is 10.4. The molecule has 1 aromatic rings. The van der Waals surface area contributed by atoms with Crippen LogP contribution in [0.5, 0.6) is 0 Å². The predicted molar refractivity (Wildman–Crippen MR) is 62.6 cm³/mol. The zero-order valence-corrected chi connectivity index (χ0v) is 9.29. The fraction of sp³-hybridized carbons (Fsp3) is 0.583. The van der Waals surface area contributed by atoms with Gasteiger partial charge in [-0.15, -0.1) is 0 Å². The molecule has 0 aliphatic heterocycles. The normalized spacial score (nSPS) is 19.1. The van der Waals surface area contributed by atoms with Crippen molar-refractivity contribution in [3.05, 3.63) is 23.9 Å². The molecule has 0 aromatic carbocycles. The van der Waals surface area contributed by atoms with Crippen LogP contribution in [0.15, 0.2) is 18.3 Å². The highest BCUT2D eigenvalue weighted by Gasteiger charge is 2.28. The molecule has 1 aliphatic rings. The van der Waals surface area contributed by atoms with Gasteiger partial charge < -0.3 is 11.1 Å². The van der Waals surface area contributed by atoms with Crippen LogP contribution in [-0.4, -0.2) is 10.5 Å². The van der Waals surface area contributed by atoms with Crippen LogP contribution in [0.1, 0.15) is 38.2 Å². The van der Waals surface area contributed by atoms with Crippen LogP contribution in [-0.2, 0) is 6.54 Å². The second kappa shape index (κ2) is 4.19. The summed E-state index contributed by atoms with van der Waals surface area (Å²) in [6.45, 7) is 2.82. The van der Waals surface area contributed by atoms with Gasteiger partial charge in [-0.3, -0.25) is 0 Å². The van der Waals surface area contributed by atoms with Gasteiger partial charge in [-0.2, -0.15) is 0 Å². The molecule has 1 heterocycles. The van der Waals surface area contributed by atoms with E-state index in [9.17, 15) is 0 Å². The standard InChI is InChI=1S/C12H19N3/c1-12(6-2-3-7-12)15-11-10(9-13)5-4-8-14-11/h4-5,8H,2-3,6-7,9,13H2,1H3,(H,14,15). The highest BCUT2D eigenvalue weighted by molar-refractivity contribution is 5.45. The molecule has 15 heavy (non-hydrogen) atoms. The van der Waals surface area contributed by atoms with E-state index in [0.717, 1.165) is 11.4 Å². The molecule has 0 bridgehead atoms. The van der Waals surface area contributed by atoms with Crippen molar-refractivity contribution in [2.24, 2.45) is 5.73 Å². The maximum absolute atomic E-state index is 5.69. The largest absolute Gasteiger partial charge is 0.365 e. The molecule has 0 saturated heterocycles. The summed E-state index contributed by atoms with van der Waals surface area (Å²) in [6, 6.07) is 3.97. The zero-order chi connectivity index (χ0) is 10.7. The molecular weight excluding hydrogens is 186 g/mol. The van der Waals surface area contributed by atoms with Crippen molar-refractivity contribution in [1.82, 2.24) is 4.98 Å². The summed E-state index contributed by atoms with van der Waals surface area (Å²) in [6.07, 6.45) is 6.91. The smallest absolute Gasteiger partial charge is 0.130 e. The number of anilines is 1. The first-order valence-corrected chi connectivity index (χ1v) is 5.66. The van der Waals surface area contributed by atoms with Gasteiger partial charge in [0, 0.05) is 23.8 Å². The number of nitrogens with zero attached hydrogens (tertiary/aromatic N) is 1. The summed E-state index contributed by atoms with van der Waals surface area (Å²) < 4.78 is 0. The third kappa shape index (κ3) is 2.29. The number of pyridine rings is 1. The molecule has 0 amide bonds. The Morgan fingerprint density at radius 3 is 2.87 bits per heavy atom. The number of aromatic nitrogens is 1. The topological polar surface area (TPSA) is 50.9 Å². The Bertz CT molecular complexity index is 329. The summed E-state index contributed by atoms with van der Waals surface area (Å²) in [5.41, 5.74) is 7.01. The van der Waals surface area contributed by atoms with Gasteiger partial charge in [-0.05, 0) is 25.8 Å². The minimum Gasteiger partial charge on any atom is -0.365 e. The Morgan fingerprint density at radius 2 is 2.20 bits per heavy atom. The lowest BCUT2D eigenvalue weighted by atomic mass is 10.0.